The highest BCUT2D eigenvalue weighted by molar-refractivity contribution is 7.96. The van der Waals surface area contributed by atoms with Crippen LogP contribution < -0.4 is 0 Å². The molecule has 0 aromatic carbocycles. The molecule has 0 aliphatic rings. The largest absolute Gasteiger partial charge is 0.523 e. The van der Waals surface area contributed by atoms with E-state index in [4.69, 9.17) is 4.43 Å². The summed E-state index contributed by atoms with van der Waals surface area (Å²) in [6, 6.07) is 0. The van der Waals surface area contributed by atoms with Crippen LogP contribution in [0.15, 0.2) is 0 Å². The van der Waals surface area contributed by atoms with Crippen LogP contribution in [0.4, 0.5) is 0 Å². The first-order valence-electron chi connectivity index (χ1n) is 8.86. The van der Waals surface area contributed by atoms with Gasteiger partial charge in [-0.3, -0.25) is 4.79 Å². The van der Waals surface area contributed by atoms with Gasteiger partial charge in [0.2, 0.25) is 7.83 Å². The Bertz CT molecular complexity index is 461. The van der Waals surface area contributed by atoms with Crippen LogP contribution in [0.5, 0.6) is 0 Å². The molecular formula is C15H42O2Si6. The molecule has 0 spiro atoms. The molecule has 0 heterocycles. The summed E-state index contributed by atoms with van der Waals surface area (Å²) in [6.07, 6.45) is 0. The SMILES string of the molecule is CC(=O)O[Si](C)(C)[Si](C)(C)[Si](C)(C)[Si](C)(C)[Si](C)(C)[Si](C)(C)C. The summed E-state index contributed by atoms with van der Waals surface area (Å²) in [5.41, 5.74) is 0. The van der Waals surface area contributed by atoms with E-state index < -0.39 is 43.9 Å². The van der Waals surface area contributed by atoms with E-state index in [9.17, 15) is 4.79 Å². The molecule has 0 atom stereocenters. The van der Waals surface area contributed by atoms with Crippen molar-refractivity contribution in [3.05, 3.63) is 0 Å². The second-order valence-corrected chi connectivity index (χ2v) is 75.7. The Morgan fingerprint density at radius 2 is 0.870 bits per heavy atom. The Morgan fingerprint density at radius 3 is 1.13 bits per heavy atom. The molecule has 0 saturated heterocycles. The van der Waals surface area contributed by atoms with Gasteiger partial charge in [-0.05, 0) is 13.1 Å². The molecule has 0 aromatic heterocycles. The summed E-state index contributed by atoms with van der Waals surface area (Å²) in [6.45, 7) is 35.4. The lowest BCUT2D eigenvalue weighted by atomic mass is 10.9. The lowest BCUT2D eigenvalue weighted by Crippen LogP contribution is -2.88. The molecule has 8 heteroatoms. The predicted octanol–water partition coefficient (Wildman–Crippen LogP) is 5.32. The van der Waals surface area contributed by atoms with Gasteiger partial charge in [0, 0.05) is 35.8 Å². The van der Waals surface area contributed by atoms with Gasteiger partial charge in [0.25, 0.3) is 5.97 Å². The molecule has 0 radical (unpaired) electrons. The molecule has 138 valence electrons. The average molecular weight is 423 g/mol. The molecule has 0 aromatic rings. The van der Waals surface area contributed by atoms with Gasteiger partial charge < -0.3 is 4.43 Å². The Balaban J connectivity index is 6.19. The minimum absolute atomic E-state index is 0.0618. The number of hydrogen-bond acceptors (Lipinski definition) is 2. The van der Waals surface area contributed by atoms with Crippen LogP contribution in [0.3, 0.4) is 0 Å². The van der Waals surface area contributed by atoms with Gasteiger partial charge in [0.1, 0.15) is 0 Å². The Kier molecular flexibility index (Phi) is 6.71. The fraction of sp³-hybridized carbons (Fsp3) is 0.933. The first-order valence-corrected chi connectivity index (χ1v) is 32.3. The maximum Gasteiger partial charge on any atom is 0.289 e. The van der Waals surface area contributed by atoms with Crippen LogP contribution in [-0.2, 0) is 9.22 Å². The van der Waals surface area contributed by atoms with Gasteiger partial charge in [-0.15, -0.1) is 0 Å². The fourth-order valence-corrected chi connectivity index (χ4v) is 150. The monoisotopic (exact) mass is 422 g/mol. The minimum Gasteiger partial charge on any atom is -0.523 e. The van der Waals surface area contributed by atoms with E-state index in [0.29, 0.717) is 0 Å². The molecule has 0 rings (SSSR count). The van der Waals surface area contributed by atoms with Crippen LogP contribution in [-0.4, -0.2) is 49.8 Å². The standard InChI is InChI=1S/C15H42O2Si6/c1-15(16)17-19(5,6)21(9,10)23(13,14)22(11,12)20(7,8)18(2,3)4/h1-14H3. The second kappa shape index (κ2) is 6.49. The number of carbonyl (C=O) groups excluding carboxylic acids is 1. The van der Waals surface area contributed by atoms with Crippen LogP contribution in [0.1, 0.15) is 6.92 Å². The van der Waals surface area contributed by atoms with Gasteiger partial charge in [0.05, 0.1) is 7.11 Å². The zero-order valence-electron chi connectivity index (χ0n) is 18.3. The van der Waals surface area contributed by atoms with Crippen LogP contribution in [0, 0.1) is 0 Å². The molecule has 2 nitrogen and oxygen atoms in total. The van der Waals surface area contributed by atoms with Crippen molar-refractivity contribution in [3.63, 3.8) is 0 Å². The van der Waals surface area contributed by atoms with E-state index in [1.165, 1.54) is 0 Å². The van der Waals surface area contributed by atoms with Gasteiger partial charge in [-0.2, -0.15) is 0 Å². The zero-order valence-corrected chi connectivity index (χ0v) is 24.3. The van der Waals surface area contributed by atoms with Crippen molar-refractivity contribution >= 4 is 49.8 Å². The van der Waals surface area contributed by atoms with Gasteiger partial charge in [-0.1, -0.05) is 72.0 Å². The highest BCUT2D eigenvalue weighted by Crippen LogP contribution is 2.42. The maximum absolute atomic E-state index is 11.7. The molecular weight excluding hydrogens is 381 g/mol. The van der Waals surface area contributed by atoms with E-state index in [1.807, 2.05) is 0 Å². The lowest BCUT2D eigenvalue weighted by molar-refractivity contribution is -0.132. The van der Waals surface area contributed by atoms with Crippen molar-refractivity contribution in [1.29, 1.82) is 0 Å². The van der Waals surface area contributed by atoms with E-state index in [-0.39, 0.29) is 5.97 Å². The number of carbonyl (C=O) groups is 1. The third kappa shape index (κ3) is 3.81. The summed E-state index contributed by atoms with van der Waals surface area (Å²) in [4.78, 5) is 11.7. The fourth-order valence-electron chi connectivity index (χ4n) is 3.74. The van der Waals surface area contributed by atoms with Crippen molar-refractivity contribution in [2.45, 2.75) is 92.0 Å². The molecule has 0 aliphatic heterocycles. The minimum atomic E-state index is -1.95. The summed E-state index contributed by atoms with van der Waals surface area (Å²) in [5.74, 6) is -0.0618. The molecule has 0 saturated carbocycles. The smallest absolute Gasteiger partial charge is 0.289 e. The highest BCUT2D eigenvalue weighted by Gasteiger charge is 2.66. The van der Waals surface area contributed by atoms with Crippen molar-refractivity contribution in [3.8, 4) is 0 Å². The normalized spacial score (nSPS) is 15.6. The Hall–Kier alpha value is 0.771. The second-order valence-electron chi connectivity index (χ2n) is 10.9. The lowest BCUT2D eigenvalue weighted by Gasteiger charge is -2.60. The first-order chi connectivity index (χ1) is 9.67. The molecule has 0 bridgehead atoms. The van der Waals surface area contributed by atoms with E-state index in [1.54, 1.807) is 6.92 Å². The quantitative estimate of drug-likeness (QED) is 0.541. The summed E-state index contributed by atoms with van der Waals surface area (Å²) >= 11 is 0. The van der Waals surface area contributed by atoms with E-state index in [0.717, 1.165) is 0 Å². The van der Waals surface area contributed by atoms with Crippen LogP contribution in [0.2, 0.25) is 85.1 Å². The van der Waals surface area contributed by atoms with E-state index in [2.05, 4.69) is 85.1 Å². The summed E-state index contributed by atoms with van der Waals surface area (Å²) in [5, 5.41) is 0. The number of rotatable bonds is 6. The Morgan fingerprint density at radius 1 is 0.565 bits per heavy atom. The van der Waals surface area contributed by atoms with Crippen molar-refractivity contribution in [2.75, 3.05) is 0 Å². The topological polar surface area (TPSA) is 26.3 Å². The molecule has 0 amide bonds. The zero-order chi connectivity index (χ0) is 19.3. The molecule has 0 N–H and O–H groups in total. The van der Waals surface area contributed by atoms with Gasteiger partial charge in [0.15, 0.2) is 0 Å². The van der Waals surface area contributed by atoms with E-state index >= 15 is 0 Å². The summed E-state index contributed by atoms with van der Waals surface area (Å²) in [7, 11) is -8.71. The molecule has 0 fully saturated rings. The van der Waals surface area contributed by atoms with Gasteiger partial charge in [-0.25, -0.2) is 0 Å². The Labute approximate surface area is 150 Å². The van der Waals surface area contributed by atoms with Crippen LogP contribution >= 0.6 is 0 Å². The third-order valence-corrected chi connectivity index (χ3v) is 127. The van der Waals surface area contributed by atoms with Crippen LogP contribution in [0.25, 0.3) is 0 Å². The van der Waals surface area contributed by atoms with Gasteiger partial charge >= 0.3 is 0 Å². The predicted molar refractivity (Wildman–Crippen MR) is 123 cm³/mol. The van der Waals surface area contributed by atoms with Crippen molar-refractivity contribution < 1.29 is 9.22 Å². The van der Waals surface area contributed by atoms with Crippen molar-refractivity contribution in [2.24, 2.45) is 0 Å². The maximum atomic E-state index is 11.7. The third-order valence-electron chi connectivity index (χ3n) is 8.47. The highest BCUT2D eigenvalue weighted by atomic mass is 30.0. The molecule has 0 aliphatic carbocycles. The average Bonchev–Trinajstić information content (AvgIpc) is 2.24. The number of hydrogen-bond donors (Lipinski definition) is 0. The molecule has 23 heavy (non-hydrogen) atoms. The van der Waals surface area contributed by atoms with Crippen molar-refractivity contribution in [1.82, 2.24) is 0 Å². The molecule has 0 unspecified atom stereocenters. The first kappa shape index (κ1) is 23.8. The summed E-state index contributed by atoms with van der Waals surface area (Å²) < 4.78 is 6.03.